The molecule has 0 spiro atoms. The van der Waals surface area contributed by atoms with Crippen LogP contribution in [0.15, 0.2) is 18.2 Å². The summed E-state index contributed by atoms with van der Waals surface area (Å²) in [5, 5.41) is 9.41. The number of halogens is 1. The molecule has 1 aromatic carbocycles. The third kappa shape index (κ3) is 4.55. The molecule has 0 unspecified atom stereocenters. The van der Waals surface area contributed by atoms with Gasteiger partial charge in [-0.3, -0.25) is 4.79 Å². The van der Waals surface area contributed by atoms with Crippen LogP contribution in [0.25, 0.3) is 0 Å². The zero-order valence-corrected chi connectivity index (χ0v) is 11.4. The quantitative estimate of drug-likeness (QED) is 0.806. The first kappa shape index (κ1) is 14.8. The molecule has 4 nitrogen and oxygen atoms in total. The van der Waals surface area contributed by atoms with Crippen molar-refractivity contribution in [3.8, 4) is 5.75 Å². The van der Waals surface area contributed by atoms with Crippen LogP contribution in [0.5, 0.6) is 5.75 Å². The maximum Gasteiger partial charge on any atom is 0.222 e. The summed E-state index contributed by atoms with van der Waals surface area (Å²) in [5.74, 6) is 0.659. The summed E-state index contributed by atoms with van der Waals surface area (Å²) in [7, 11) is 3.46. The number of benzene rings is 1. The van der Waals surface area contributed by atoms with E-state index in [0.717, 1.165) is 5.56 Å². The van der Waals surface area contributed by atoms with Crippen LogP contribution < -0.4 is 4.74 Å². The first-order valence-corrected chi connectivity index (χ1v) is 6.14. The molecule has 0 radical (unpaired) electrons. The smallest absolute Gasteiger partial charge is 0.222 e. The molecule has 1 rings (SSSR count). The van der Waals surface area contributed by atoms with Crippen molar-refractivity contribution in [2.24, 2.45) is 0 Å². The molecular weight excluding hydrogens is 254 g/mol. The fourth-order valence-electron chi connectivity index (χ4n) is 1.39. The molecule has 5 heteroatoms. The van der Waals surface area contributed by atoms with E-state index in [4.69, 9.17) is 21.4 Å². The predicted molar refractivity (Wildman–Crippen MR) is 70.8 cm³/mol. The van der Waals surface area contributed by atoms with E-state index in [9.17, 15) is 4.79 Å². The van der Waals surface area contributed by atoms with Crippen molar-refractivity contribution in [3.63, 3.8) is 0 Å². The van der Waals surface area contributed by atoms with E-state index in [1.807, 2.05) is 0 Å². The summed E-state index contributed by atoms with van der Waals surface area (Å²) in [6.07, 6.45) is 1.11. The summed E-state index contributed by atoms with van der Waals surface area (Å²) < 4.78 is 5.48. The molecule has 0 saturated heterocycles. The van der Waals surface area contributed by atoms with Gasteiger partial charge >= 0.3 is 0 Å². The van der Waals surface area contributed by atoms with E-state index in [0.29, 0.717) is 30.2 Å². The highest BCUT2D eigenvalue weighted by atomic mass is 35.5. The van der Waals surface area contributed by atoms with Gasteiger partial charge in [-0.25, -0.2) is 0 Å². The van der Waals surface area contributed by atoms with Crippen LogP contribution in [0.1, 0.15) is 18.4 Å². The Balaban J connectivity index is 2.38. The van der Waals surface area contributed by atoms with Crippen molar-refractivity contribution in [3.05, 3.63) is 28.8 Å². The minimum Gasteiger partial charge on any atom is -0.492 e. The van der Waals surface area contributed by atoms with Gasteiger partial charge in [-0.1, -0.05) is 17.7 Å². The predicted octanol–water partition coefficient (Wildman–Crippen LogP) is 2.08. The van der Waals surface area contributed by atoms with Gasteiger partial charge < -0.3 is 14.7 Å². The van der Waals surface area contributed by atoms with Crippen LogP contribution in [0, 0.1) is 0 Å². The van der Waals surface area contributed by atoms with Crippen molar-refractivity contribution in [2.45, 2.75) is 19.4 Å². The summed E-state index contributed by atoms with van der Waals surface area (Å²) in [5.41, 5.74) is 0.745. The van der Waals surface area contributed by atoms with E-state index in [1.165, 1.54) is 0 Å². The van der Waals surface area contributed by atoms with Crippen LogP contribution in [0.4, 0.5) is 0 Å². The number of hydrogen-bond donors (Lipinski definition) is 1. The van der Waals surface area contributed by atoms with Gasteiger partial charge in [-0.05, 0) is 24.1 Å². The number of hydrogen-bond acceptors (Lipinski definition) is 3. The number of aliphatic hydroxyl groups is 1. The van der Waals surface area contributed by atoms with Crippen LogP contribution >= 0.6 is 11.6 Å². The van der Waals surface area contributed by atoms with E-state index in [2.05, 4.69) is 0 Å². The highest BCUT2D eigenvalue weighted by Gasteiger charge is 2.05. The lowest BCUT2D eigenvalue weighted by Gasteiger charge is -2.11. The molecule has 0 aliphatic rings. The monoisotopic (exact) mass is 271 g/mol. The Kier molecular flexibility index (Phi) is 5.95. The Labute approximate surface area is 112 Å². The second kappa shape index (κ2) is 7.24. The van der Waals surface area contributed by atoms with Crippen LogP contribution in [0.2, 0.25) is 5.02 Å². The average molecular weight is 272 g/mol. The van der Waals surface area contributed by atoms with Crippen molar-refractivity contribution >= 4 is 17.5 Å². The minimum atomic E-state index is -0.0443. The Hall–Kier alpha value is -1.26. The van der Waals surface area contributed by atoms with Crippen molar-refractivity contribution in [1.29, 1.82) is 0 Å². The molecule has 0 bridgehead atoms. The SMILES string of the molecule is CN(C)C(=O)CCCOc1ccc(CO)cc1Cl. The fourth-order valence-corrected chi connectivity index (χ4v) is 1.65. The normalized spacial score (nSPS) is 10.2. The highest BCUT2D eigenvalue weighted by Crippen LogP contribution is 2.25. The number of ether oxygens (including phenoxy) is 1. The minimum absolute atomic E-state index is 0.0443. The van der Waals surface area contributed by atoms with Gasteiger partial charge in [0.1, 0.15) is 5.75 Å². The highest BCUT2D eigenvalue weighted by molar-refractivity contribution is 6.32. The first-order valence-electron chi connectivity index (χ1n) is 5.77. The second-order valence-corrected chi connectivity index (χ2v) is 4.57. The molecule has 1 N–H and O–H groups in total. The summed E-state index contributed by atoms with van der Waals surface area (Å²) in [4.78, 5) is 12.9. The Morgan fingerprint density at radius 2 is 2.17 bits per heavy atom. The lowest BCUT2D eigenvalue weighted by Crippen LogP contribution is -2.21. The van der Waals surface area contributed by atoms with E-state index in [-0.39, 0.29) is 12.5 Å². The number of carbonyl (C=O) groups excluding carboxylic acids is 1. The van der Waals surface area contributed by atoms with Crippen LogP contribution in [0.3, 0.4) is 0 Å². The van der Waals surface area contributed by atoms with E-state index < -0.39 is 0 Å². The van der Waals surface area contributed by atoms with Gasteiger partial charge in [-0.15, -0.1) is 0 Å². The fraction of sp³-hybridized carbons (Fsp3) is 0.462. The molecule has 100 valence electrons. The number of rotatable bonds is 6. The molecule has 0 saturated carbocycles. The maximum atomic E-state index is 11.3. The molecule has 0 fully saturated rings. The van der Waals surface area contributed by atoms with Gasteiger partial charge in [0.2, 0.25) is 5.91 Å². The van der Waals surface area contributed by atoms with Gasteiger partial charge in [0.15, 0.2) is 0 Å². The van der Waals surface area contributed by atoms with Gasteiger partial charge in [0, 0.05) is 20.5 Å². The second-order valence-electron chi connectivity index (χ2n) is 4.16. The third-order valence-corrected chi connectivity index (χ3v) is 2.77. The summed E-state index contributed by atoms with van der Waals surface area (Å²) in [6.45, 7) is 0.398. The number of nitrogens with zero attached hydrogens (tertiary/aromatic N) is 1. The number of carbonyl (C=O) groups is 1. The van der Waals surface area contributed by atoms with Crippen molar-refractivity contribution in [2.75, 3.05) is 20.7 Å². The van der Waals surface area contributed by atoms with E-state index >= 15 is 0 Å². The average Bonchev–Trinajstić information content (AvgIpc) is 2.35. The molecule has 1 amide bonds. The number of aliphatic hydroxyl groups excluding tert-OH is 1. The van der Waals surface area contributed by atoms with Gasteiger partial charge in [0.05, 0.1) is 18.2 Å². The summed E-state index contributed by atoms with van der Waals surface area (Å²) in [6, 6.07) is 5.15. The first-order chi connectivity index (χ1) is 8.54. The summed E-state index contributed by atoms with van der Waals surface area (Å²) >= 11 is 5.99. The molecule has 1 aromatic rings. The lowest BCUT2D eigenvalue weighted by molar-refractivity contribution is -0.128. The molecule has 0 atom stereocenters. The van der Waals surface area contributed by atoms with E-state index in [1.54, 1.807) is 37.2 Å². The Morgan fingerprint density at radius 3 is 2.72 bits per heavy atom. The molecule has 0 aliphatic heterocycles. The molecule has 0 heterocycles. The van der Waals surface area contributed by atoms with Gasteiger partial charge in [-0.2, -0.15) is 0 Å². The van der Waals surface area contributed by atoms with Gasteiger partial charge in [0.25, 0.3) is 0 Å². The zero-order valence-electron chi connectivity index (χ0n) is 10.6. The molecule has 18 heavy (non-hydrogen) atoms. The standard InChI is InChI=1S/C13H18ClNO3/c1-15(2)13(17)4-3-7-18-12-6-5-10(9-16)8-11(12)14/h5-6,8,16H,3-4,7,9H2,1-2H3. The van der Waals surface area contributed by atoms with Crippen LogP contribution in [-0.2, 0) is 11.4 Å². The zero-order chi connectivity index (χ0) is 13.5. The topological polar surface area (TPSA) is 49.8 Å². The van der Waals surface area contributed by atoms with Crippen LogP contribution in [-0.4, -0.2) is 36.6 Å². The lowest BCUT2D eigenvalue weighted by atomic mass is 10.2. The molecular formula is C13H18ClNO3. The van der Waals surface area contributed by atoms with Crippen molar-refractivity contribution < 1.29 is 14.6 Å². The van der Waals surface area contributed by atoms with Crippen molar-refractivity contribution in [1.82, 2.24) is 4.90 Å². The maximum absolute atomic E-state index is 11.3. The Morgan fingerprint density at radius 1 is 1.44 bits per heavy atom. The Bertz CT molecular complexity index is 407. The molecule has 0 aliphatic carbocycles. The third-order valence-electron chi connectivity index (χ3n) is 2.47. The largest absolute Gasteiger partial charge is 0.492 e. The number of amides is 1. The molecule has 0 aromatic heterocycles.